The maximum atomic E-state index is 12.9. The number of sulfone groups is 2. The lowest BCUT2D eigenvalue weighted by molar-refractivity contribution is -0.140. The van der Waals surface area contributed by atoms with E-state index in [-0.39, 0.29) is 26.2 Å². The number of methoxy groups -OCH3 is 2. The van der Waals surface area contributed by atoms with Crippen LogP contribution in [0.2, 0.25) is 0 Å². The van der Waals surface area contributed by atoms with Gasteiger partial charge in [0.25, 0.3) is 0 Å². The molecule has 0 aliphatic rings. The highest BCUT2D eigenvalue weighted by Gasteiger charge is 2.44. The Morgan fingerprint density at radius 1 is 0.712 bits per heavy atom. The van der Waals surface area contributed by atoms with Crippen molar-refractivity contribution >= 4 is 53.8 Å². The second-order valence-corrected chi connectivity index (χ2v) is 19.0. The fourth-order valence-electron chi connectivity index (χ4n) is 4.00. The summed E-state index contributed by atoms with van der Waals surface area (Å²) in [5.74, 6) is -0.615. The van der Waals surface area contributed by atoms with Crippen LogP contribution in [0.4, 0.5) is 24.2 Å². The van der Waals surface area contributed by atoms with Crippen LogP contribution < -0.4 is 20.1 Å². The third kappa shape index (κ3) is 9.11. The van der Waals surface area contributed by atoms with Crippen LogP contribution in [0, 0.1) is 0 Å². The van der Waals surface area contributed by atoms with Gasteiger partial charge in [-0.15, -0.1) is 11.3 Å². The summed E-state index contributed by atoms with van der Waals surface area (Å²) in [5.41, 5.74) is -0.755. The molecule has 2 amide bonds. The van der Waals surface area contributed by atoms with E-state index in [4.69, 9.17) is 14.0 Å². The van der Waals surface area contributed by atoms with E-state index in [2.05, 4.69) is 20.8 Å². The number of hydrogen-bond donors (Lipinski definition) is 2. The van der Waals surface area contributed by atoms with Crippen molar-refractivity contribution in [1.29, 1.82) is 0 Å². The average molecular weight is 789 g/mol. The van der Waals surface area contributed by atoms with Gasteiger partial charge in [0.1, 0.15) is 21.0 Å². The largest absolute Gasteiger partial charge is 0.497 e. The maximum Gasteiger partial charge on any atom is 0.434 e. The van der Waals surface area contributed by atoms with E-state index >= 15 is 0 Å². The van der Waals surface area contributed by atoms with Crippen LogP contribution in [-0.4, -0.2) is 62.5 Å². The second kappa shape index (κ2) is 15.2. The van der Waals surface area contributed by atoms with Crippen molar-refractivity contribution < 1.29 is 53.6 Å². The van der Waals surface area contributed by atoms with Crippen LogP contribution in [0.1, 0.15) is 59.9 Å². The van der Waals surface area contributed by atoms with Gasteiger partial charge in [0.2, 0.25) is 17.7 Å². The SMILES string of the molecule is COc1ccc(S(=O)(=O)C(C)(C)C(=O)Nc2cc(C(C)(C)C)no2)cc1.COc1ccc(S(=O)(=O)C(C)(C)C(=O)Nc2nc(C(F)(F)F)cs2)cc1. The van der Waals surface area contributed by atoms with E-state index < -0.39 is 52.9 Å². The Bertz CT molecular complexity index is 1950. The highest BCUT2D eigenvalue weighted by atomic mass is 32.2. The van der Waals surface area contributed by atoms with Gasteiger partial charge in [0, 0.05) is 16.9 Å². The quantitative estimate of drug-likeness (QED) is 0.178. The van der Waals surface area contributed by atoms with E-state index in [9.17, 15) is 39.6 Å². The molecule has 4 rings (SSSR count). The molecule has 2 N–H and O–H groups in total. The Morgan fingerprint density at radius 2 is 1.13 bits per heavy atom. The summed E-state index contributed by atoms with van der Waals surface area (Å²) in [4.78, 5) is 28.2. The number of hydrogen-bond acceptors (Lipinski definition) is 12. The maximum absolute atomic E-state index is 12.9. The molecular formula is C33H39F3N4O9S3. The highest BCUT2D eigenvalue weighted by Crippen LogP contribution is 2.34. The van der Waals surface area contributed by atoms with Crippen LogP contribution in [0.5, 0.6) is 11.5 Å². The fourth-order valence-corrected chi connectivity index (χ4v) is 7.47. The first kappa shape index (κ1) is 41.9. The molecule has 2 aromatic carbocycles. The molecular weight excluding hydrogens is 750 g/mol. The number of anilines is 2. The smallest absolute Gasteiger partial charge is 0.434 e. The lowest BCUT2D eigenvalue weighted by atomic mass is 9.92. The number of nitrogens with zero attached hydrogens (tertiary/aromatic N) is 2. The zero-order valence-electron chi connectivity index (χ0n) is 29.7. The predicted molar refractivity (Wildman–Crippen MR) is 188 cm³/mol. The van der Waals surface area contributed by atoms with Gasteiger partial charge in [-0.1, -0.05) is 25.9 Å². The standard InChI is InChI=1S/C18H24N2O5S.C15H15F3N2O4S2/c1-17(2,3)14-11-15(25-20-14)19-16(21)18(4,5)26(22,23)13-9-7-12(24-6)8-10-13;1-14(2,26(22,23)10-6-4-9(24-3)5-7-10)12(21)20-13-19-11(8-25-13)15(16,17)18/h7-11H,1-6H3,(H,19,21);4-8H,1-3H3,(H,19,20,21). The number of thiazole rings is 1. The first-order valence-corrected chi connectivity index (χ1v) is 19.0. The van der Waals surface area contributed by atoms with Crippen molar-refractivity contribution in [1.82, 2.24) is 10.1 Å². The van der Waals surface area contributed by atoms with E-state index in [1.807, 2.05) is 20.8 Å². The van der Waals surface area contributed by atoms with Crippen molar-refractivity contribution in [3.05, 3.63) is 71.4 Å². The van der Waals surface area contributed by atoms with Gasteiger partial charge in [-0.2, -0.15) is 13.2 Å². The molecule has 13 nitrogen and oxygen atoms in total. The molecule has 19 heteroatoms. The Morgan fingerprint density at radius 3 is 1.48 bits per heavy atom. The zero-order chi connectivity index (χ0) is 39.5. The van der Waals surface area contributed by atoms with Gasteiger partial charge in [-0.3, -0.25) is 14.9 Å². The number of benzene rings is 2. The zero-order valence-corrected chi connectivity index (χ0v) is 32.2. The lowest BCUT2D eigenvalue weighted by Gasteiger charge is -2.23. The van der Waals surface area contributed by atoms with Crippen LogP contribution in [0.3, 0.4) is 0 Å². The highest BCUT2D eigenvalue weighted by molar-refractivity contribution is 7.94. The van der Waals surface area contributed by atoms with Crippen LogP contribution in [-0.2, 0) is 40.9 Å². The number of carbonyl (C=O) groups is 2. The normalized spacial score (nSPS) is 12.7. The summed E-state index contributed by atoms with van der Waals surface area (Å²) < 4.78 is 100. The molecule has 0 unspecified atom stereocenters. The lowest BCUT2D eigenvalue weighted by Crippen LogP contribution is -2.44. The molecule has 0 aliphatic carbocycles. The van der Waals surface area contributed by atoms with E-state index in [0.717, 1.165) is 5.38 Å². The summed E-state index contributed by atoms with van der Waals surface area (Å²) in [6.45, 7) is 10.9. The minimum atomic E-state index is -4.65. The van der Waals surface area contributed by atoms with Gasteiger partial charge < -0.3 is 19.3 Å². The van der Waals surface area contributed by atoms with Gasteiger partial charge in [0.15, 0.2) is 30.5 Å². The van der Waals surface area contributed by atoms with E-state index in [1.165, 1.54) is 90.4 Å². The molecule has 0 radical (unpaired) electrons. The third-order valence-electron chi connectivity index (χ3n) is 7.71. The van der Waals surface area contributed by atoms with Gasteiger partial charge in [-0.25, -0.2) is 21.8 Å². The van der Waals surface area contributed by atoms with Crippen LogP contribution >= 0.6 is 11.3 Å². The van der Waals surface area contributed by atoms with Crippen molar-refractivity contribution in [2.24, 2.45) is 0 Å². The Hall–Kier alpha value is -4.49. The van der Waals surface area contributed by atoms with Crippen molar-refractivity contribution in [2.45, 2.75) is 79.3 Å². The first-order chi connectivity index (χ1) is 23.8. The summed E-state index contributed by atoms with van der Waals surface area (Å²) in [6, 6.07) is 12.9. The van der Waals surface area contributed by atoms with Gasteiger partial charge >= 0.3 is 6.18 Å². The number of amides is 2. The van der Waals surface area contributed by atoms with Gasteiger partial charge in [-0.05, 0) is 76.2 Å². The first-order valence-electron chi connectivity index (χ1n) is 15.2. The number of ether oxygens (including phenoxy) is 2. The summed E-state index contributed by atoms with van der Waals surface area (Å²) >= 11 is 0.558. The van der Waals surface area contributed by atoms with Crippen molar-refractivity contribution in [3.63, 3.8) is 0 Å². The average Bonchev–Trinajstić information content (AvgIpc) is 3.75. The predicted octanol–water partition coefficient (Wildman–Crippen LogP) is 6.53. The number of rotatable bonds is 10. The molecule has 284 valence electrons. The molecule has 0 saturated carbocycles. The molecule has 2 aromatic heterocycles. The molecule has 0 spiro atoms. The Kier molecular flexibility index (Phi) is 12.3. The topological polar surface area (TPSA) is 184 Å². The second-order valence-electron chi connectivity index (χ2n) is 13.1. The molecule has 2 heterocycles. The Balaban J connectivity index is 0.000000280. The number of nitrogens with one attached hydrogen (secondary N) is 2. The molecule has 4 aromatic rings. The minimum absolute atomic E-state index is 0.0337. The molecule has 0 bridgehead atoms. The summed E-state index contributed by atoms with van der Waals surface area (Å²) in [5, 5.41) is 8.95. The molecule has 0 fully saturated rings. The molecule has 0 atom stereocenters. The fraction of sp³-hybridized carbons (Fsp3) is 0.394. The number of halogens is 3. The van der Waals surface area contributed by atoms with E-state index in [1.54, 1.807) is 6.07 Å². The number of aromatic nitrogens is 2. The monoisotopic (exact) mass is 788 g/mol. The molecule has 0 saturated heterocycles. The van der Waals surface area contributed by atoms with Crippen LogP contribution in [0.15, 0.2) is 74.3 Å². The Labute approximate surface area is 303 Å². The van der Waals surface area contributed by atoms with E-state index in [0.29, 0.717) is 28.5 Å². The molecule has 0 aliphatic heterocycles. The van der Waals surface area contributed by atoms with Crippen molar-refractivity contribution in [3.8, 4) is 11.5 Å². The van der Waals surface area contributed by atoms with Gasteiger partial charge in [0.05, 0.1) is 29.7 Å². The molecule has 52 heavy (non-hydrogen) atoms. The summed E-state index contributed by atoms with van der Waals surface area (Å²) in [7, 11) is -5.14. The minimum Gasteiger partial charge on any atom is -0.497 e. The number of alkyl halides is 3. The number of carbonyl (C=O) groups excluding carboxylic acids is 2. The summed E-state index contributed by atoms with van der Waals surface area (Å²) in [6.07, 6.45) is -4.65. The van der Waals surface area contributed by atoms with Crippen LogP contribution in [0.25, 0.3) is 0 Å². The third-order valence-corrected chi connectivity index (χ3v) is 13.3. The van der Waals surface area contributed by atoms with Crippen molar-refractivity contribution in [2.75, 3.05) is 24.9 Å².